The second-order valence-electron chi connectivity index (χ2n) is 2.95. The van der Waals surface area contributed by atoms with Gasteiger partial charge in [0.05, 0.1) is 19.5 Å². The third-order valence-electron chi connectivity index (χ3n) is 1.77. The molecule has 0 radical (unpaired) electrons. The lowest BCUT2D eigenvalue weighted by atomic mass is 10.3. The fourth-order valence-corrected chi connectivity index (χ4v) is 1.07. The van der Waals surface area contributed by atoms with Crippen LogP contribution in [0.5, 0.6) is 0 Å². The summed E-state index contributed by atoms with van der Waals surface area (Å²) in [7, 11) is 0. The van der Waals surface area contributed by atoms with Gasteiger partial charge in [-0.3, -0.25) is 0 Å². The number of carbonyl (C=O) groups excluding carboxylic acids is 1. The van der Waals surface area contributed by atoms with E-state index in [0.717, 1.165) is 0 Å². The SMILES string of the molecule is CCOC(=O)C(=Cc1cc(CO)co1)N=[N+]=[N-]. The number of rotatable bonds is 5. The molecule has 0 saturated carbocycles. The molecule has 0 fully saturated rings. The maximum atomic E-state index is 11.4. The van der Waals surface area contributed by atoms with Gasteiger partial charge >= 0.3 is 5.97 Å². The predicted octanol–water partition coefficient (Wildman–Crippen LogP) is 1.99. The summed E-state index contributed by atoms with van der Waals surface area (Å²) in [5, 5.41) is 12.0. The summed E-state index contributed by atoms with van der Waals surface area (Å²) < 4.78 is 9.73. The minimum atomic E-state index is -0.729. The van der Waals surface area contributed by atoms with Crippen LogP contribution in [0.15, 0.2) is 27.6 Å². The topological polar surface area (TPSA) is 108 Å². The van der Waals surface area contributed by atoms with Crippen molar-refractivity contribution in [3.63, 3.8) is 0 Å². The first-order chi connectivity index (χ1) is 8.21. The van der Waals surface area contributed by atoms with Gasteiger partial charge < -0.3 is 14.3 Å². The summed E-state index contributed by atoms with van der Waals surface area (Å²) in [5.74, 6) is -0.434. The van der Waals surface area contributed by atoms with Crippen molar-refractivity contribution < 1.29 is 19.1 Å². The molecule has 0 aliphatic rings. The Balaban J connectivity index is 2.97. The highest BCUT2D eigenvalue weighted by molar-refractivity contribution is 5.92. The lowest BCUT2D eigenvalue weighted by molar-refractivity contribution is -0.138. The Morgan fingerprint density at radius 2 is 2.53 bits per heavy atom. The number of nitrogens with zero attached hydrogens (tertiary/aromatic N) is 3. The molecule has 1 rings (SSSR count). The quantitative estimate of drug-likeness (QED) is 0.277. The number of ether oxygens (including phenoxy) is 1. The number of hydrogen-bond donors (Lipinski definition) is 1. The molecule has 0 aliphatic heterocycles. The molecule has 0 spiro atoms. The summed E-state index contributed by atoms with van der Waals surface area (Å²) in [6, 6.07) is 1.52. The van der Waals surface area contributed by atoms with Crippen molar-refractivity contribution >= 4 is 12.0 Å². The van der Waals surface area contributed by atoms with Gasteiger partial charge in [-0.05, 0) is 24.6 Å². The van der Waals surface area contributed by atoms with Gasteiger partial charge in [-0.25, -0.2) is 4.79 Å². The fourth-order valence-electron chi connectivity index (χ4n) is 1.07. The molecule has 0 unspecified atom stereocenters. The molecule has 0 amide bonds. The van der Waals surface area contributed by atoms with Crippen molar-refractivity contribution in [2.75, 3.05) is 6.61 Å². The van der Waals surface area contributed by atoms with Crippen LogP contribution >= 0.6 is 0 Å². The van der Waals surface area contributed by atoms with Crippen molar-refractivity contribution in [3.05, 3.63) is 39.8 Å². The molecular weight excluding hydrogens is 226 g/mol. The van der Waals surface area contributed by atoms with Crippen molar-refractivity contribution in [1.29, 1.82) is 0 Å². The maximum Gasteiger partial charge on any atom is 0.340 e. The molecule has 90 valence electrons. The number of aliphatic hydroxyl groups excluding tert-OH is 1. The minimum Gasteiger partial charge on any atom is -0.465 e. The molecule has 17 heavy (non-hydrogen) atoms. The Labute approximate surface area is 96.9 Å². The maximum absolute atomic E-state index is 11.4. The fraction of sp³-hybridized carbons (Fsp3) is 0.300. The minimum absolute atomic E-state index is 0.173. The second kappa shape index (κ2) is 6.37. The highest BCUT2D eigenvalue weighted by Crippen LogP contribution is 2.13. The van der Waals surface area contributed by atoms with E-state index in [-0.39, 0.29) is 18.9 Å². The van der Waals surface area contributed by atoms with E-state index in [0.29, 0.717) is 11.3 Å². The Kier molecular flexibility index (Phi) is 4.80. The van der Waals surface area contributed by atoms with Gasteiger partial charge in [0.25, 0.3) is 0 Å². The van der Waals surface area contributed by atoms with Gasteiger partial charge in [-0.1, -0.05) is 5.11 Å². The number of esters is 1. The zero-order valence-corrected chi connectivity index (χ0v) is 9.16. The third kappa shape index (κ3) is 3.67. The molecule has 7 nitrogen and oxygen atoms in total. The second-order valence-corrected chi connectivity index (χ2v) is 2.95. The largest absolute Gasteiger partial charge is 0.465 e. The Bertz CT molecular complexity index is 472. The molecule has 1 N–H and O–H groups in total. The number of azide groups is 1. The number of carbonyl (C=O) groups is 1. The molecule has 1 aromatic heterocycles. The van der Waals surface area contributed by atoms with Gasteiger partial charge in [-0.2, -0.15) is 0 Å². The normalized spacial score (nSPS) is 10.8. The van der Waals surface area contributed by atoms with Crippen LogP contribution in [0.4, 0.5) is 0 Å². The van der Waals surface area contributed by atoms with E-state index >= 15 is 0 Å². The standard InChI is InChI=1S/C10H11N3O4/c1-2-16-10(15)9(12-13-11)4-8-3-7(5-14)6-17-8/h3-4,6,14H,2,5H2,1H3. The van der Waals surface area contributed by atoms with E-state index in [1.54, 1.807) is 6.92 Å². The van der Waals surface area contributed by atoms with Gasteiger partial charge in [0.15, 0.2) is 0 Å². The smallest absolute Gasteiger partial charge is 0.340 e. The van der Waals surface area contributed by atoms with Crippen LogP contribution in [0.1, 0.15) is 18.2 Å². The van der Waals surface area contributed by atoms with Crippen LogP contribution in [0.3, 0.4) is 0 Å². The van der Waals surface area contributed by atoms with Crippen molar-refractivity contribution in [3.8, 4) is 0 Å². The Morgan fingerprint density at radius 1 is 1.76 bits per heavy atom. The zero-order valence-electron chi connectivity index (χ0n) is 9.16. The van der Waals surface area contributed by atoms with Gasteiger partial charge in [0.2, 0.25) is 0 Å². The molecule has 1 heterocycles. The summed E-state index contributed by atoms with van der Waals surface area (Å²) in [5.41, 5.74) is 8.68. The van der Waals surface area contributed by atoms with E-state index in [1.165, 1.54) is 18.4 Å². The summed E-state index contributed by atoms with van der Waals surface area (Å²) in [6.07, 6.45) is 2.58. The Hall–Kier alpha value is -2.24. The van der Waals surface area contributed by atoms with Crippen LogP contribution in [0.25, 0.3) is 16.5 Å². The van der Waals surface area contributed by atoms with Crippen molar-refractivity contribution in [2.24, 2.45) is 5.11 Å². The Morgan fingerprint density at radius 3 is 3.06 bits per heavy atom. The molecule has 0 saturated heterocycles. The molecular formula is C10H11N3O4. The van der Waals surface area contributed by atoms with Crippen LogP contribution in [0, 0.1) is 0 Å². The number of aliphatic hydroxyl groups is 1. The van der Waals surface area contributed by atoms with E-state index in [1.807, 2.05) is 0 Å². The highest BCUT2D eigenvalue weighted by Gasteiger charge is 2.10. The lowest BCUT2D eigenvalue weighted by Crippen LogP contribution is -2.05. The van der Waals surface area contributed by atoms with E-state index in [2.05, 4.69) is 10.0 Å². The molecule has 1 aromatic rings. The number of hydrogen-bond acceptors (Lipinski definition) is 5. The van der Waals surface area contributed by atoms with Crippen LogP contribution in [-0.2, 0) is 16.1 Å². The molecule has 0 bridgehead atoms. The van der Waals surface area contributed by atoms with Crippen molar-refractivity contribution in [1.82, 2.24) is 0 Å². The first kappa shape index (κ1) is 12.8. The molecule has 0 aliphatic carbocycles. The van der Waals surface area contributed by atoms with E-state index < -0.39 is 5.97 Å². The van der Waals surface area contributed by atoms with Gasteiger partial charge in [0, 0.05) is 10.5 Å². The average molecular weight is 237 g/mol. The molecule has 0 atom stereocenters. The monoisotopic (exact) mass is 237 g/mol. The summed E-state index contributed by atoms with van der Waals surface area (Å²) >= 11 is 0. The van der Waals surface area contributed by atoms with Crippen LogP contribution < -0.4 is 0 Å². The van der Waals surface area contributed by atoms with Gasteiger partial charge in [0.1, 0.15) is 11.5 Å². The molecule has 0 aromatic carbocycles. The third-order valence-corrected chi connectivity index (χ3v) is 1.77. The van der Waals surface area contributed by atoms with E-state index in [4.69, 9.17) is 19.8 Å². The van der Waals surface area contributed by atoms with Crippen LogP contribution in [0.2, 0.25) is 0 Å². The number of furan rings is 1. The predicted molar refractivity (Wildman–Crippen MR) is 58.4 cm³/mol. The average Bonchev–Trinajstić information content (AvgIpc) is 2.76. The van der Waals surface area contributed by atoms with Crippen molar-refractivity contribution in [2.45, 2.75) is 13.5 Å². The zero-order chi connectivity index (χ0) is 12.7. The molecule has 7 heteroatoms. The summed E-state index contributed by atoms with van der Waals surface area (Å²) in [6.45, 7) is 1.65. The highest BCUT2D eigenvalue weighted by atomic mass is 16.5. The van der Waals surface area contributed by atoms with E-state index in [9.17, 15) is 4.79 Å². The van der Waals surface area contributed by atoms with Gasteiger partial charge in [-0.15, -0.1) is 0 Å². The lowest BCUT2D eigenvalue weighted by Gasteiger charge is -1.99. The first-order valence-electron chi connectivity index (χ1n) is 4.83. The first-order valence-corrected chi connectivity index (χ1v) is 4.83. The van der Waals surface area contributed by atoms with Crippen LogP contribution in [-0.4, -0.2) is 17.7 Å². The summed E-state index contributed by atoms with van der Waals surface area (Å²) in [4.78, 5) is 13.9.